The van der Waals surface area contributed by atoms with Gasteiger partial charge in [-0.25, -0.2) is 0 Å². The number of halogens is 1. The van der Waals surface area contributed by atoms with E-state index in [0.717, 1.165) is 0 Å². The van der Waals surface area contributed by atoms with Crippen LogP contribution in [0.3, 0.4) is 0 Å². The van der Waals surface area contributed by atoms with Crippen LogP contribution < -0.4 is 5.32 Å². The van der Waals surface area contributed by atoms with Gasteiger partial charge in [0.1, 0.15) is 5.41 Å². The molecule has 0 aliphatic carbocycles. The molecule has 1 heterocycles. The number of aryl methyl sites for hydroxylation is 2. The van der Waals surface area contributed by atoms with Crippen LogP contribution in [-0.4, -0.2) is 33.8 Å². The van der Waals surface area contributed by atoms with Crippen LogP contribution in [0.1, 0.15) is 18.3 Å². The minimum absolute atomic E-state index is 0.0157. The van der Waals surface area contributed by atoms with E-state index in [1.807, 2.05) is 0 Å². The second kappa shape index (κ2) is 4.97. The molecule has 1 rings (SSSR count). The summed E-state index contributed by atoms with van der Waals surface area (Å²) in [5, 5.41) is 16.1. The maximum atomic E-state index is 11.7. The van der Waals surface area contributed by atoms with Crippen molar-refractivity contribution in [3.8, 4) is 0 Å². The minimum atomic E-state index is -1.57. The van der Waals surface area contributed by atoms with Gasteiger partial charge in [-0.2, -0.15) is 5.10 Å². The van der Waals surface area contributed by atoms with E-state index in [-0.39, 0.29) is 6.42 Å². The first-order chi connectivity index (χ1) is 8.24. The minimum Gasteiger partial charge on any atom is -0.480 e. The number of amides is 1. The Morgan fingerprint density at radius 2 is 2.11 bits per heavy atom. The van der Waals surface area contributed by atoms with Crippen LogP contribution in [0.5, 0.6) is 0 Å². The van der Waals surface area contributed by atoms with Crippen LogP contribution >= 0.6 is 11.6 Å². The van der Waals surface area contributed by atoms with Crippen molar-refractivity contribution in [2.75, 3.05) is 7.05 Å². The Balaban J connectivity index is 3.20. The molecule has 0 saturated carbocycles. The zero-order chi connectivity index (χ0) is 14.1. The summed E-state index contributed by atoms with van der Waals surface area (Å²) in [5.41, 5.74) is -0.431. The summed E-state index contributed by atoms with van der Waals surface area (Å²) in [6.45, 7) is 3.09. The number of nitrogens with zero attached hydrogens (tertiary/aromatic N) is 2. The predicted molar refractivity (Wildman–Crippen MR) is 66.5 cm³/mol. The number of nitrogens with one attached hydrogen (secondary N) is 1. The van der Waals surface area contributed by atoms with Gasteiger partial charge in [0.2, 0.25) is 5.91 Å². The van der Waals surface area contributed by atoms with Gasteiger partial charge < -0.3 is 10.4 Å². The summed E-state index contributed by atoms with van der Waals surface area (Å²) in [7, 11) is 3.07. The molecule has 0 aromatic carbocycles. The second-order valence-electron chi connectivity index (χ2n) is 4.36. The Morgan fingerprint density at radius 1 is 1.56 bits per heavy atom. The number of carboxylic acids is 1. The lowest BCUT2D eigenvalue weighted by Crippen LogP contribution is -2.45. The van der Waals surface area contributed by atoms with Gasteiger partial charge in [-0.05, 0) is 13.8 Å². The largest absolute Gasteiger partial charge is 0.480 e. The lowest BCUT2D eigenvalue weighted by molar-refractivity contribution is -0.154. The summed E-state index contributed by atoms with van der Waals surface area (Å²) < 4.78 is 1.50. The van der Waals surface area contributed by atoms with E-state index in [0.29, 0.717) is 16.4 Å². The number of carbonyl (C=O) groups excluding carboxylic acids is 1. The molecule has 0 spiro atoms. The summed E-state index contributed by atoms with van der Waals surface area (Å²) in [4.78, 5) is 23.1. The molecule has 1 aromatic rings. The van der Waals surface area contributed by atoms with E-state index in [9.17, 15) is 14.7 Å². The van der Waals surface area contributed by atoms with Gasteiger partial charge in [-0.1, -0.05) is 11.6 Å². The third kappa shape index (κ3) is 2.33. The molecule has 7 heteroatoms. The lowest BCUT2D eigenvalue weighted by atomic mass is 9.84. The number of rotatable bonds is 4. The standard InChI is InChI=1S/C11H16ClN3O3/c1-6-8(12)7(15(4)14-6)5-11(2,10(17)18)9(16)13-3/h5H2,1-4H3,(H,13,16)(H,17,18). The van der Waals surface area contributed by atoms with Crippen molar-refractivity contribution >= 4 is 23.5 Å². The Bertz CT molecular complexity index is 498. The van der Waals surface area contributed by atoms with Crippen LogP contribution in [0.15, 0.2) is 0 Å². The molecule has 6 nitrogen and oxygen atoms in total. The van der Waals surface area contributed by atoms with E-state index >= 15 is 0 Å². The van der Waals surface area contributed by atoms with Crippen molar-refractivity contribution in [1.29, 1.82) is 0 Å². The monoisotopic (exact) mass is 273 g/mol. The molecule has 0 radical (unpaired) electrons. The highest BCUT2D eigenvalue weighted by atomic mass is 35.5. The SMILES string of the molecule is CNC(=O)C(C)(Cc1c(Cl)c(C)nn1C)C(=O)O. The number of hydrogen-bond acceptors (Lipinski definition) is 3. The fraction of sp³-hybridized carbons (Fsp3) is 0.545. The molecule has 0 bridgehead atoms. The molecular formula is C11H16ClN3O3. The molecule has 2 N–H and O–H groups in total. The van der Waals surface area contributed by atoms with E-state index < -0.39 is 17.3 Å². The van der Waals surface area contributed by atoms with E-state index in [1.165, 1.54) is 18.7 Å². The number of aliphatic carboxylic acids is 1. The molecular weight excluding hydrogens is 258 g/mol. The number of carbonyl (C=O) groups is 2. The van der Waals surface area contributed by atoms with Crippen LogP contribution in [0.4, 0.5) is 0 Å². The first-order valence-electron chi connectivity index (χ1n) is 5.37. The maximum Gasteiger partial charge on any atom is 0.319 e. The third-order valence-corrected chi connectivity index (χ3v) is 3.47. The topological polar surface area (TPSA) is 84.2 Å². The van der Waals surface area contributed by atoms with Crippen LogP contribution in [0.2, 0.25) is 5.02 Å². The second-order valence-corrected chi connectivity index (χ2v) is 4.74. The van der Waals surface area contributed by atoms with Gasteiger partial charge in [-0.15, -0.1) is 0 Å². The molecule has 100 valence electrons. The average molecular weight is 274 g/mol. The summed E-state index contributed by atoms with van der Waals surface area (Å²) in [5.74, 6) is -1.76. The smallest absolute Gasteiger partial charge is 0.319 e. The lowest BCUT2D eigenvalue weighted by Gasteiger charge is -2.22. The van der Waals surface area contributed by atoms with E-state index in [1.54, 1.807) is 14.0 Å². The normalized spacial score (nSPS) is 14.1. The highest BCUT2D eigenvalue weighted by Crippen LogP contribution is 2.29. The van der Waals surface area contributed by atoms with Gasteiger partial charge in [-0.3, -0.25) is 14.3 Å². The van der Waals surface area contributed by atoms with Crippen LogP contribution in [0.25, 0.3) is 0 Å². The Hall–Kier alpha value is -1.56. The molecule has 1 atom stereocenters. The Kier molecular flexibility index (Phi) is 4.01. The highest BCUT2D eigenvalue weighted by Gasteiger charge is 2.42. The molecule has 0 fully saturated rings. The van der Waals surface area contributed by atoms with Gasteiger partial charge >= 0.3 is 5.97 Å². The molecule has 1 amide bonds. The van der Waals surface area contributed by atoms with Crippen LogP contribution in [-0.2, 0) is 23.1 Å². The maximum absolute atomic E-state index is 11.7. The van der Waals surface area contributed by atoms with Crippen molar-refractivity contribution in [3.63, 3.8) is 0 Å². The summed E-state index contributed by atoms with van der Waals surface area (Å²) >= 11 is 6.06. The van der Waals surface area contributed by atoms with Crippen molar-refractivity contribution in [3.05, 3.63) is 16.4 Å². The molecule has 18 heavy (non-hydrogen) atoms. The Morgan fingerprint density at radius 3 is 2.44 bits per heavy atom. The number of carboxylic acid groups (broad SMARTS) is 1. The molecule has 0 saturated heterocycles. The van der Waals surface area contributed by atoms with E-state index in [2.05, 4.69) is 10.4 Å². The average Bonchev–Trinajstić information content (AvgIpc) is 2.54. The van der Waals surface area contributed by atoms with Crippen molar-refractivity contribution < 1.29 is 14.7 Å². The predicted octanol–water partition coefficient (Wildman–Crippen LogP) is 0.761. The Labute approximate surface area is 110 Å². The van der Waals surface area contributed by atoms with Gasteiger partial charge in [0.25, 0.3) is 0 Å². The van der Waals surface area contributed by atoms with Gasteiger partial charge in [0.05, 0.1) is 16.4 Å². The highest BCUT2D eigenvalue weighted by molar-refractivity contribution is 6.31. The first-order valence-corrected chi connectivity index (χ1v) is 5.75. The molecule has 1 unspecified atom stereocenters. The van der Waals surface area contributed by atoms with E-state index in [4.69, 9.17) is 11.6 Å². The summed E-state index contributed by atoms with van der Waals surface area (Å²) in [6, 6.07) is 0. The fourth-order valence-electron chi connectivity index (χ4n) is 1.74. The summed E-state index contributed by atoms with van der Waals surface area (Å²) in [6.07, 6.45) is -0.0157. The zero-order valence-corrected chi connectivity index (χ0v) is 11.5. The van der Waals surface area contributed by atoms with Gasteiger partial charge in [0.15, 0.2) is 0 Å². The van der Waals surface area contributed by atoms with Crippen LogP contribution in [0, 0.1) is 12.3 Å². The molecule has 0 aliphatic rings. The first kappa shape index (κ1) is 14.5. The van der Waals surface area contributed by atoms with Crippen molar-refractivity contribution in [2.45, 2.75) is 20.3 Å². The number of aromatic nitrogens is 2. The zero-order valence-electron chi connectivity index (χ0n) is 10.7. The van der Waals surface area contributed by atoms with Crippen molar-refractivity contribution in [1.82, 2.24) is 15.1 Å². The number of hydrogen-bond donors (Lipinski definition) is 2. The molecule has 1 aromatic heterocycles. The molecule has 0 aliphatic heterocycles. The quantitative estimate of drug-likeness (QED) is 0.794. The third-order valence-electron chi connectivity index (χ3n) is 2.98. The van der Waals surface area contributed by atoms with Crippen molar-refractivity contribution in [2.24, 2.45) is 12.5 Å². The van der Waals surface area contributed by atoms with Gasteiger partial charge in [0, 0.05) is 20.5 Å². The fourth-order valence-corrected chi connectivity index (χ4v) is 1.96.